The van der Waals surface area contributed by atoms with Crippen molar-refractivity contribution < 1.29 is 9.18 Å². The monoisotopic (exact) mass is 238 g/mol. The van der Waals surface area contributed by atoms with E-state index in [9.17, 15) is 9.18 Å². The number of nitrogens with zero attached hydrogens (tertiary/aromatic N) is 1. The van der Waals surface area contributed by atoms with Gasteiger partial charge in [0.1, 0.15) is 0 Å². The average Bonchev–Trinajstić information content (AvgIpc) is 2.20. The van der Waals surface area contributed by atoms with E-state index in [1.54, 1.807) is 0 Å². The largest absolute Gasteiger partial charge is 0.325 e. The summed E-state index contributed by atoms with van der Waals surface area (Å²) in [6.07, 6.45) is 1.76. The highest BCUT2D eigenvalue weighted by Gasteiger charge is 2.22. The Balaban J connectivity index is 2.53. The molecule has 1 aromatic heterocycles. The van der Waals surface area contributed by atoms with Gasteiger partial charge in [0.2, 0.25) is 11.9 Å². The Morgan fingerprint density at radius 2 is 2.12 bits per heavy atom. The molecule has 1 aromatic rings. The molecule has 0 fully saturated rings. The van der Waals surface area contributed by atoms with Crippen molar-refractivity contribution >= 4 is 11.6 Å². The van der Waals surface area contributed by atoms with Gasteiger partial charge in [0, 0.05) is 6.42 Å². The van der Waals surface area contributed by atoms with Crippen LogP contribution in [0.3, 0.4) is 0 Å². The van der Waals surface area contributed by atoms with Crippen LogP contribution in [0.2, 0.25) is 0 Å². The third kappa shape index (κ3) is 4.51. The topological polar surface area (TPSA) is 42.0 Å². The van der Waals surface area contributed by atoms with Gasteiger partial charge in [0.15, 0.2) is 0 Å². The van der Waals surface area contributed by atoms with Gasteiger partial charge in [0.05, 0.1) is 11.9 Å². The second kappa shape index (κ2) is 5.25. The van der Waals surface area contributed by atoms with E-state index < -0.39 is 5.95 Å². The summed E-state index contributed by atoms with van der Waals surface area (Å²) in [7, 11) is 0. The van der Waals surface area contributed by atoms with Crippen molar-refractivity contribution in [1.82, 2.24) is 4.98 Å². The number of hydrogen-bond acceptors (Lipinski definition) is 2. The number of pyridine rings is 1. The Hall–Kier alpha value is -1.45. The van der Waals surface area contributed by atoms with Crippen molar-refractivity contribution in [3.8, 4) is 0 Å². The first kappa shape index (κ1) is 13.6. The lowest BCUT2D eigenvalue weighted by Gasteiger charge is -2.26. The van der Waals surface area contributed by atoms with Gasteiger partial charge >= 0.3 is 0 Å². The molecule has 3 nitrogen and oxygen atoms in total. The van der Waals surface area contributed by atoms with Crippen molar-refractivity contribution in [1.29, 1.82) is 0 Å². The number of halogens is 1. The molecule has 4 heteroatoms. The molecular formula is C13H19FN2O. The number of amides is 1. The Morgan fingerprint density at radius 1 is 1.47 bits per heavy atom. The Labute approximate surface area is 101 Å². The fourth-order valence-electron chi connectivity index (χ4n) is 1.25. The molecule has 1 heterocycles. The van der Waals surface area contributed by atoms with Crippen LogP contribution in [0.5, 0.6) is 0 Å². The van der Waals surface area contributed by atoms with Crippen molar-refractivity contribution in [3.05, 3.63) is 24.3 Å². The maximum atomic E-state index is 12.6. The number of aromatic nitrogens is 1. The van der Waals surface area contributed by atoms with Crippen LogP contribution in [0.1, 0.15) is 34.1 Å². The zero-order valence-electron chi connectivity index (χ0n) is 10.7. The zero-order chi connectivity index (χ0) is 13.1. The van der Waals surface area contributed by atoms with Gasteiger partial charge in [-0.05, 0) is 23.5 Å². The van der Waals surface area contributed by atoms with Crippen molar-refractivity contribution in [2.45, 2.75) is 34.1 Å². The van der Waals surface area contributed by atoms with Gasteiger partial charge < -0.3 is 5.32 Å². The fourth-order valence-corrected chi connectivity index (χ4v) is 1.25. The number of anilines is 1. The van der Waals surface area contributed by atoms with E-state index in [0.29, 0.717) is 12.1 Å². The van der Waals surface area contributed by atoms with E-state index in [1.807, 2.05) is 6.92 Å². The normalized spacial score (nSPS) is 13.2. The highest BCUT2D eigenvalue weighted by Crippen LogP contribution is 2.28. The van der Waals surface area contributed by atoms with E-state index in [1.165, 1.54) is 18.3 Å². The van der Waals surface area contributed by atoms with Crippen LogP contribution in [-0.2, 0) is 4.79 Å². The zero-order valence-corrected chi connectivity index (χ0v) is 10.7. The molecule has 0 radical (unpaired) electrons. The first-order valence-corrected chi connectivity index (χ1v) is 5.70. The average molecular weight is 238 g/mol. The predicted molar refractivity (Wildman–Crippen MR) is 66.1 cm³/mol. The van der Waals surface area contributed by atoms with Crippen LogP contribution < -0.4 is 5.32 Å². The molecule has 1 N–H and O–H groups in total. The van der Waals surface area contributed by atoms with Gasteiger partial charge in [-0.15, -0.1) is 0 Å². The second-order valence-electron chi connectivity index (χ2n) is 5.39. The number of nitrogens with one attached hydrogen (secondary N) is 1. The van der Waals surface area contributed by atoms with E-state index in [0.717, 1.165) is 0 Å². The lowest BCUT2D eigenvalue weighted by molar-refractivity contribution is -0.117. The molecule has 1 amide bonds. The molecule has 0 saturated heterocycles. The van der Waals surface area contributed by atoms with Crippen LogP contribution >= 0.6 is 0 Å². The molecule has 1 rings (SSSR count). The molecule has 0 aliphatic carbocycles. The smallest absolute Gasteiger partial charge is 0.224 e. The van der Waals surface area contributed by atoms with Crippen molar-refractivity contribution in [2.75, 3.05) is 5.32 Å². The summed E-state index contributed by atoms with van der Waals surface area (Å²) < 4.78 is 12.6. The molecule has 1 atom stereocenters. The van der Waals surface area contributed by atoms with E-state index in [2.05, 4.69) is 31.1 Å². The molecule has 0 aromatic carbocycles. The Kier molecular flexibility index (Phi) is 4.21. The molecule has 0 bridgehead atoms. The summed E-state index contributed by atoms with van der Waals surface area (Å²) in [5, 5.41) is 2.70. The molecule has 1 unspecified atom stereocenters. The second-order valence-corrected chi connectivity index (χ2v) is 5.39. The number of carbonyl (C=O) groups excluding carboxylic acids is 1. The molecule has 0 aliphatic rings. The third-order valence-electron chi connectivity index (χ3n) is 2.98. The van der Waals surface area contributed by atoms with Gasteiger partial charge in [-0.1, -0.05) is 27.7 Å². The number of carbonyl (C=O) groups is 1. The maximum Gasteiger partial charge on any atom is 0.224 e. The summed E-state index contributed by atoms with van der Waals surface area (Å²) in [5.41, 5.74) is 0.621. The minimum atomic E-state index is -0.550. The van der Waals surface area contributed by atoms with Crippen LogP contribution in [0.15, 0.2) is 18.3 Å². The summed E-state index contributed by atoms with van der Waals surface area (Å²) in [6, 6.07) is 2.73. The Bertz CT molecular complexity index is 381. The van der Waals surface area contributed by atoms with Crippen LogP contribution in [0.25, 0.3) is 0 Å². The maximum absolute atomic E-state index is 12.6. The van der Waals surface area contributed by atoms with E-state index in [-0.39, 0.29) is 17.2 Å². The molecular weight excluding hydrogens is 219 g/mol. The van der Waals surface area contributed by atoms with Gasteiger partial charge in [0.25, 0.3) is 0 Å². The summed E-state index contributed by atoms with van der Waals surface area (Å²) in [6.45, 7) is 8.35. The molecule has 0 aliphatic heterocycles. The minimum Gasteiger partial charge on any atom is -0.325 e. The predicted octanol–water partition coefficient (Wildman–Crippen LogP) is 3.23. The van der Waals surface area contributed by atoms with Gasteiger partial charge in [-0.3, -0.25) is 4.79 Å². The minimum absolute atomic E-state index is 0.0687. The quantitative estimate of drug-likeness (QED) is 0.821. The first-order chi connectivity index (χ1) is 7.79. The highest BCUT2D eigenvalue weighted by atomic mass is 19.1. The lowest BCUT2D eigenvalue weighted by Crippen LogP contribution is -2.23. The molecule has 0 saturated carbocycles. The van der Waals surface area contributed by atoms with Gasteiger partial charge in [-0.2, -0.15) is 4.39 Å². The van der Waals surface area contributed by atoms with Gasteiger partial charge in [-0.25, -0.2) is 4.98 Å². The lowest BCUT2D eigenvalue weighted by atomic mass is 9.80. The van der Waals surface area contributed by atoms with Crippen LogP contribution in [0.4, 0.5) is 10.1 Å². The van der Waals surface area contributed by atoms with E-state index >= 15 is 0 Å². The van der Waals surface area contributed by atoms with E-state index in [4.69, 9.17) is 0 Å². The SMILES string of the molecule is CC(CC(=O)Nc1ccc(F)nc1)C(C)(C)C. The molecule has 0 spiro atoms. The molecule has 94 valence electrons. The highest BCUT2D eigenvalue weighted by molar-refractivity contribution is 5.90. The first-order valence-electron chi connectivity index (χ1n) is 5.70. The number of hydrogen-bond donors (Lipinski definition) is 1. The number of rotatable bonds is 3. The van der Waals surface area contributed by atoms with Crippen LogP contribution in [0, 0.1) is 17.3 Å². The summed E-state index contributed by atoms with van der Waals surface area (Å²) in [4.78, 5) is 15.2. The van der Waals surface area contributed by atoms with Crippen molar-refractivity contribution in [3.63, 3.8) is 0 Å². The standard InChI is InChI=1S/C13H19FN2O/c1-9(13(2,3)4)7-12(17)16-10-5-6-11(14)15-8-10/h5-6,8-9H,7H2,1-4H3,(H,16,17). The summed E-state index contributed by atoms with van der Waals surface area (Å²) >= 11 is 0. The van der Waals surface area contributed by atoms with Crippen LogP contribution in [-0.4, -0.2) is 10.9 Å². The van der Waals surface area contributed by atoms with Crippen molar-refractivity contribution in [2.24, 2.45) is 11.3 Å². The Morgan fingerprint density at radius 3 is 2.59 bits per heavy atom. The third-order valence-corrected chi connectivity index (χ3v) is 2.98. The fraction of sp³-hybridized carbons (Fsp3) is 0.538. The molecule has 17 heavy (non-hydrogen) atoms. The summed E-state index contributed by atoms with van der Waals surface area (Å²) in [5.74, 6) is -0.345.